The van der Waals surface area contributed by atoms with Gasteiger partial charge < -0.3 is 19.7 Å². The highest BCUT2D eigenvalue weighted by molar-refractivity contribution is 5.75. The number of ether oxygens (including phenoxy) is 2. The monoisotopic (exact) mass is 330 g/mol. The van der Waals surface area contributed by atoms with Crippen molar-refractivity contribution in [1.82, 2.24) is 10.2 Å². The molecule has 1 N–H and O–H groups in total. The number of fused-ring (bicyclic) bond motifs is 1. The molecule has 0 aromatic heterocycles. The van der Waals surface area contributed by atoms with E-state index in [9.17, 15) is 4.79 Å². The van der Waals surface area contributed by atoms with Gasteiger partial charge in [-0.1, -0.05) is 25.3 Å². The van der Waals surface area contributed by atoms with Crippen LogP contribution in [-0.2, 0) is 0 Å². The first-order valence-corrected chi connectivity index (χ1v) is 9.28. The van der Waals surface area contributed by atoms with E-state index in [4.69, 9.17) is 9.47 Å². The normalized spacial score (nSPS) is 24.0. The first-order chi connectivity index (χ1) is 11.8. The Kier molecular flexibility index (Phi) is 4.50. The molecule has 0 radical (unpaired) electrons. The highest BCUT2D eigenvalue weighted by Gasteiger charge is 2.32. The predicted octanol–water partition coefficient (Wildman–Crippen LogP) is 3.64. The summed E-state index contributed by atoms with van der Waals surface area (Å²) in [6.45, 7) is 2.02. The molecule has 1 saturated carbocycles. The summed E-state index contributed by atoms with van der Waals surface area (Å²) >= 11 is 0. The van der Waals surface area contributed by atoms with Crippen LogP contribution in [0.5, 0.6) is 11.5 Å². The van der Waals surface area contributed by atoms with Crippen molar-refractivity contribution < 1.29 is 14.3 Å². The zero-order chi connectivity index (χ0) is 16.4. The summed E-state index contributed by atoms with van der Waals surface area (Å²) in [6.07, 6.45) is 8.07. The molecular weight excluding hydrogens is 304 g/mol. The highest BCUT2D eigenvalue weighted by Crippen LogP contribution is 2.38. The van der Waals surface area contributed by atoms with Crippen molar-refractivity contribution in [2.24, 2.45) is 0 Å². The van der Waals surface area contributed by atoms with Crippen molar-refractivity contribution in [2.45, 2.75) is 57.0 Å². The molecule has 1 aromatic carbocycles. The molecule has 3 aliphatic rings. The van der Waals surface area contributed by atoms with Gasteiger partial charge >= 0.3 is 6.03 Å². The Morgan fingerprint density at radius 1 is 1.00 bits per heavy atom. The van der Waals surface area contributed by atoms with Crippen molar-refractivity contribution in [2.75, 3.05) is 19.8 Å². The fourth-order valence-corrected chi connectivity index (χ4v) is 4.13. The SMILES string of the molecule is O=C(NC1CCCCC1)N1CCC[C@H]1c1ccc2c(c1)OCCO2. The number of hydrogen-bond donors (Lipinski definition) is 1. The Balaban J connectivity index is 1.47. The van der Waals surface area contributed by atoms with E-state index in [-0.39, 0.29) is 12.1 Å². The average Bonchev–Trinajstić information content (AvgIpc) is 3.12. The lowest BCUT2D eigenvalue weighted by molar-refractivity contribution is 0.170. The number of likely N-dealkylation sites (tertiary alicyclic amines) is 1. The molecule has 130 valence electrons. The molecule has 5 heteroatoms. The van der Waals surface area contributed by atoms with E-state index in [1.54, 1.807) is 0 Å². The van der Waals surface area contributed by atoms with E-state index in [1.807, 2.05) is 17.0 Å². The van der Waals surface area contributed by atoms with Crippen molar-refractivity contribution >= 4 is 6.03 Å². The zero-order valence-electron chi connectivity index (χ0n) is 14.1. The number of rotatable bonds is 2. The molecule has 1 saturated heterocycles. The number of carbonyl (C=O) groups excluding carboxylic acids is 1. The summed E-state index contributed by atoms with van der Waals surface area (Å²) in [6, 6.07) is 6.69. The number of nitrogens with one attached hydrogen (secondary N) is 1. The Morgan fingerprint density at radius 3 is 2.62 bits per heavy atom. The third-order valence-electron chi connectivity index (χ3n) is 5.40. The molecule has 0 spiro atoms. The average molecular weight is 330 g/mol. The van der Waals surface area contributed by atoms with Gasteiger partial charge in [-0.05, 0) is 43.4 Å². The Hall–Kier alpha value is -1.91. The second-order valence-corrected chi connectivity index (χ2v) is 7.04. The van der Waals surface area contributed by atoms with Gasteiger partial charge in [-0.15, -0.1) is 0 Å². The van der Waals surface area contributed by atoms with E-state index in [0.717, 1.165) is 49.3 Å². The zero-order valence-corrected chi connectivity index (χ0v) is 14.1. The van der Waals surface area contributed by atoms with Crippen molar-refractivity contribution in [3.63, 3.8) is 0 Å². The first-order valence-electron chi connectivity index (χ1n) is 9.28. The van der Waals surface area contributed by atoms with E-state index in [0.29, 0.717) is 19.3 Å². The number of amides is 2. The lowest BCUT2D eigenvalue weighted by atomic mass is 9.96. The van der Waals surface area contributed by atoms with Crippen molar-refractivity contribution in [3.05, 3.63) is 23.8 Å². The van der Waals surface area contributed by atoms with Gasteiger partial charge in [0.05, 0.1) is 6.04 Å². The van der Waals surface area contributed by atoms with Crippen LogP contribution >= 0.6 is 0 Å². The maximum absolute atomic E-state index is 12.7. The van der Waals surface area contributed by atoms with E-state index in [2.05, 4.69) is 11.4 Å². The van der Waals surface area contributed by atoms with Crippen LogP contribution in [0.4, 0.5) is 4.79 Å². The van der Waals surface area contributed by atoms with Crippen LogP contribution in [0.25, 0.3) is 0 Å². The van der Waals surface area contributed by atoms with Crippen molar-refractivity contribution in [1.29, 1.82) is 0 Å². The first kappa shape index (κ1) is 15.6. The van der Waals surface area contributed by atoms with Gasteiger partial charge in [0.2, 0.25) is 0 Å². The van der Waals surface area contributed by atoms with Crippen LogP contribution in [0, 0.1) is 0 Å². The minimum absolute atomic E-state index is 0.0966. The molecule has 2 heterocycles. The number of carbonyl (C=O) groups is 1. The van der Waals surface area contributed by atoms with Gasteiger partial charge in [0.15, 0.2) is 11.5 Å². The topological polar surface area (TPSA) is 50.8 Å². The van der Waals surface area contributed by atoms with Crippen LogP contribution in [-0.4, -0.2) is 36.7 Å². The molecule has 1 aliphatic carbocycles. The van der Waals surface area contributed by atoms with E-state index < -0.39 is 0 Å². The summed E-state index contributed by atoms with van der Waals surface area (Å²) < 4.78 is 11.3. The number of nitrogens with zero attached hydrogens (tertiary/aromatic N) is 1. The Labute approximate surface area is 143 Å². The maximum atomic E-state index is 12.7. The lowest BCUT2D eigenvalue weighted by Crippen LogP contribution is -2.45. The third kappa shape index (κ3) is 3.17. The lowest BCUT2D eigenvalue weighted by Gasteiger charge is -2.30. The molecular formula is C19H26N2O3. The van der Waals surface area contributed by atoms with Crippen LogP contribution in [0.1, 0.15) is 56.6 Å². The molecule has 0 bridgehead atoms. The van der Waals surface area contributed by atoms with Crippen LogP contribution in [0.15, 0.2) is 18.2 Å². The van der Waals surface area contributed by atoms with Crippen LogP contribution in [0.2, 0.25) is 0 Å². The molecule has 4 rings (SSSR count). The van der Waals surface area contributed by atoms with Crippen LogP contribution < -0.4 is 14.8 Å². The van der Waals surface area contributed by atoms with Crippen molar-refractivity contribution in [3.8, 4) is 11.5 Å². The fourth-order valence-electron chi connectivity index (χ4n) is 4.13. The molecule has 0 unspecified atom stereocenters. The second-order valence-electron chi connectivity index (χ2n) is 7.04. The number of urea groups is 1. The largest absolute Gasteiger partial charge is 0.486 e. The molecule has 1 atom stereocenters. The number of hydrogen-bond acceptors (Lipinski definition) is 3. The minimum Gasteiger partial charge on any atom is -0.486 e. The summed E-state index contributed by atoms with van der Waals surface area (Å²) in [5, 5.41) is 3.25. The summed E-state index contributed by atoms with van der Waals surface area (Å²) in [7, 11) is 0. The molecule has 2 fully saturated rings. The Morgan fingerprint density at radius 2 is 1.79 bits per heavy atom. The number of benzene rings is 1. The van der Waals surface area contributed by atoms with Gasteiger partial charge in [0.25, 0.3) is 0 Å². The van der Waals surface area contributed by atoms with Gasteiger partial charge in [-0.25, -0.2) is 4.79 Å². The molecule has 2 amide bonds. The quantitative estimate of drug-likeness (QED) is 0.901. The minimum atomic E-state index is 0.0966. The van der Waals surface area contributed by atoms with Gasteiger partial charge in [-0.2, -0.15) is 0 Å². The molecule has 5 nitrogen and oxygen atoms in total. The summed E-state index contributed by atoms with van der Waals surface area (Å²) in [5.41, 5.74) is 1.15. The highest BCUT2D eigenvalue weighted by atomic mass is 16.6. The molecule has 24 heavy (non-hydrogen) atoms. The Bertz CT molecular complexity index is 598. The van der Waals surface area contributed by atoms with Gasteiger partial charge in [0, 0.05) is 12.6 Å². The molecule has 2 aliphatic heterocycles. The smallest absolute Gasteiger partial charge is 0.318 e. The van der Waals surface area contributed by atoms with Gasteiger partial charge in [-0.3, -0.25) is 0 Å². The standard InChI is InChI=1S/C19H26N2O3/c22-19(20-15-5-2-1-3-6-15)21-10-4-7-16(21)14-8-9-17-18(13-14)24-12-11-23-17/h8-9,13,15-16H,1-7,10-12H2,(H,20,22)/t16-/m0/s1. The van der Waals surface area contributed by atoms with E-state index >= 15 is 0 Å². The molecule has 1 aromatic rings. The van der Waals surface area contributed by atoms with E-state index in [1.165, 1.54) is 19.3 Å². The predicted molar refractivity (Wildman–Crippen MR) is 91.5 cm³/mol. The van der Waals surface area contributed by atoms with Gasteiger partial charge in [0.1, 0.15) is 13.2 Å². The third-order valence-corrected chi connectivity index (χ3v) is 5.40. The summed E-state index contributed by atoms with van der Waals surface area (Å²) in [4.78, 5) is 14.7. The summed E-state index contributed by atoms with van der Waals surface area (Å²) in [5.74, 6) is 1.61. The fraction of sp³-hybridized carbons (Fsp3) is 0.632. The second kappa shape index (κ2) is 6.91. The maximum Gasteiger partial charge on any atom is 0.318 e. The van der Waals surface area contributed by atoms with Crippen LogP contribution in [0.3, 0.4) is 0 Å².